The zero-order valence-electron chi connectivity index (χ0n) is 12.2. The molecule has 0 spiro atoms. The van der Waals surface area contributed by atoms with Gasteiger partial charge in [0.25, 0.3) is 0 Å². The van der Waals surface area contributed by atoms with E-state index in [0.717, 1.165) is 0 Å². The second-order valence-electron chi connectivity index (χ2n) is 5.63. The minimum absolute atomic E-state index is 1.30. The van der Waals surface area contributed by atoms with E-state index in [1.165, 1.54) is 89.9 Å². The SMILES string of the molecule is C1=C/CCCCCCCC/C=C/CCCCCC/1. The number of hydrogen-bond acceptors (Lipinski definition) is 0. The van der Waals surface area contributed by atoms with Crippen molar-refractivity contribution in [3.05, 3.63) is 24.3 Å². The highest BCUT2D eigenvalue weighted by molar-refractivity contribution is 4.82. The molecule has 0 bridgehead atoms. The average Bonchev–Trinajstić information content (AvgIpc) is 2.39. The average molecular weight is 248 g/mol. The molecular formula is C18H32. The van der Waals surface area contributed by atoms with Gasteiger partial charge in [0.15, 0.2) is 0 Å². The molecule has 0 unspecified atom stereocenters. The van der Waals surface area contributed by atoms with Crippen LogP contribution in [0, 0.1) is 0 Å². The van der Waals surface area contributed by atoms with Gasteiger partial charge in [0.1, 0.15) is 0 Å². The van der Waals surface area contributed by atoms with E-state index in [-0.39, 0.29) is 0 Å². The largest absolute Gasteiger partial charge is 0.0885 e. The predicted molar refractivity (Wildman–Crippen MR) is 82.9 cm³/mol. The molecule has 18 heavy (non-hydrogen) atoms. The first-order valence-corrected chi connectivity index (χ1v) is 8.30. The fourth-order valence-electron chi connectivity index (χ4n) is 2.58. The van der Waals surface area contributed by atoms with Gasteiger partial charge in [0.05, 0.1) is 0 Å². The molecule has 1 aliphatic rings. The molecule has 0 saturated carbocycles. The molecule has 0 fully saturated rings. The molecule has 0 aromatic carbocycles. The summed E-state index contributed by atoms with van der Waals surface area (Å²) in [6.45, 7) is 0. The molecule has 0 aliphatic heterocycles. The van der Waals surface area contributed by atoms with E-state index in [2.05, 4.69) is 24.3 Å². The monoisotopic (exact) mass is 248 g/mol. The van der Waals surface area contributed by atoms with Gasteiger partial charge in [-0.1, -0.05) is 62.8 Å². The third-order valence-electron chi connectivity index (χ3n) is 3.82. The molecule has 104 valence electrons. The molecule has 0 N–H and O–H groups in total. The van der Waals surface area contributed by atoms with Crippen LogP contribution in [0.2, 0.25) is 0 Å². The number of allylic oxidation sites excluding steroid dienone is 4. The zero-order valence-corrected chi connectivity index (χ0v) is 12.2. The molecule has 0 heterocycles. The molecule has 0 atom stereocenters. The third-order valence-corrected chi connectivity index (χ3v) is 3.82. The van der Waals surface area contributed by atoms with E-state index < -0.39 is 0 Å². The van der Waals surface area contributed by atoms with Crippen LogP contribution in [0.5, 0.6) is 0 Å². The van der Waals surface area contributed by atoms with Gasteiger partial charge in [-0.2, -0.15) is 0 Å². The van der Waals surface area contributed by atoms with Crippen molar-refractivity contribution >= 4 is 0 Å². The number of hydrogen-bond donors (Lipinski definition) is 0. The van der Waals surface area contributed by atoms with Crippen molar-refractivity contribution in [1.82, 2.24) is 0 Å². The Morgan fingerprint density at radius 2 is 0.500 bits per heavy atom. The summed E-state index contributed by atoms with van der Waals surface area (Å²) in [5, 5.41) is 0. The lowest BCUT2D eigenvalue weighted by molar-refractivity contribution is 0.598. The molecule has 0 aromatic heterocycles. The first kappa shape index (κ1) is 15.5. The van der Waals surface area contributed by atoms with Gasteiger partial charge in [-0.05, 0) is 51.4 Å². The molecule has 0 heteroatoms. The van der Waals surface area contributed by atoms with E-state index in [1.54, 1.807) is 0 Å². The van der Waals surface area contributed by atoms with Crippen LogP contribution in [0.4, 0.5) is 0 Å². The summed E-state index contributed by atoms with van der Waals surface area (Å²) in [6, 6.07) is 0. The summed E-state index contributed by atoms with van der Waals surface area (Å²) in [5.74, 6) is 0. The summed E-state index contributed by atoms with van der Waals surface area (Å²) in [6.07, 6.45) is 29.0. The summed E-state index contributed by atoms with van der Waals surface area (Å²) >= 11 is 0. The van der Waals surface area contributed by atoms with Crippen LogP contribution in [0.3, 0.4) is 0 Å². The zero-order chi connectivity index (χ0) is 12.7. The first-order chi connectivity index (χ1) is 9.00. The van der Waals surface area contributed by atoms with Crippen molar-refractivity contribution in [2.75, 3.05) is 0 Å². The maximum absolute atomic E-state index is 2.41. The maximum Gasteiger partial charge on any atom is -0.0351 e. The molecule has 0 radical (unpaired) electrons. The van der Waals surface area contributed by atoms with Crippen LogP contribution in [0.1, 0.15) is 89.9 Å². The Morgan fingerprint density at radius 3 is 0.778 bits per heavy atom. The quantitative estimate of drug-likeness (QED) is 0.425. The van der Waals surface area contributed by atoms with Gasteiger partial charge < -0.3 is 0 Å². The normalized spacial score (nSPS) is 25.8. The Bertz CT molecular complexity index is 188. The maximum atomic E-state index is 2.41. The smallest absolute Gasteiger partial charge is 0.0351 e. The molecule has 1 aliphatic carbocycles. The van der Waals surface area contributed by atoms with Crippen molar-refractivity contribution in [2.45, 2.75) is 89.9 Å². The molecule has 0 amide bonds. The Hall–Kier alpha value is -0.520. The third kappa shape index (κ3) is 10.6. The predicted octanol–water partition coefficient (Wildman–Crippen LogP) is 6.57. The van der Waals surface area contributed by atoms with Gasteiger partial charge in [0.2, 0.25) is 0 Å². The van der Waals surface area contributed by atoms with Crippen LogP contribution in [-0.2, 0) is 0 Å². The lowest BCUT2D eigenvalue weighted by Crippen LogP contribution is -1.81. The topological polar surface area (TPSA) is 0 Å². The van der Waals surface area contributed by atoms with Crippen LogP contribution < -0.4 is 0 Å². The fraction of sp³-hybridized carbons (Fsp3) is 0.778. The Labute approximate surface area is 115 Å². The number of rotatable bonds is 0. The van der Waals surface area contributed by atoms with E-state index in [9.17, 15) is 0 Å². The van der Waals surface area contributed by atoms with Crippen molar-refractivity contribution in [3.63, 3.8) is 0 Å². The molecule has 0 saturated heterocycles. The standard InChI is InChI=1S/C18H32/c1-2-4-6-8-10-12-14-16-18-17-15-13-11-9-7-5-3-1/h1-2,15,17H,3-14,16,18H2/b2-1+,17-15+. The fourth-order valence-corrected chi connectivity index (χ4v) is 2.58. The minimum Gasteiger partial charge on any atom is -0.0885 e. The van der Waals surface area contributed by atoms with E-state index in [1.807, 2.05) is 0 Å². The van der Waals surface area contributed by atoms with Crippen LogP contribution in [-0.4, -0.2) is 0 Å². The minimum atomic E-state index is 1.30. The van der Waals surface area contributed by atoms with Crippen LogP contribution in [0.25, 0.3) is 0 Å². The Morgan fingerprint density at radius 1 is 0.278 bits per heavy atom. The molecule has 0 aromatic rings. The van der Waals surface area contributed by atoms with Gasteiger partial charge in [0, 0.05) is 0 Å². The Kier molecular flexibility index (Phi) is 11.2. The first-order valence-electron chi connectivity index (χ1n) is 8.30. The van der Waals surface area contributed by atoms with Crippen LogP contribution >= 0.6 is 0 Å². The second kappa shape index (κ2) is 12.9. The summed E-state index contributed by atoms with van der Waals surface area (Å²) < 4.78 is 0. The van der Waals surface area contributed by atoms with Gasteiger partial charge in [-0.15, -0.1) is 0 Å². The van der Waals surface area contributed by atoms with E-state index in [0.29, 0.717) is 0 Å². The lowest BCUT2D eigenvalue weighted by atomic mass is 10.1. The van der Waals surface area contributed by atoms with E-state index in [4.69, 9.17) is 0 Å². The highest BCUT2D eigenvalue weighted by Crippen LogP contribution is 2.11. The van der Waals surface area contributed by atoms with Crippen molar-refractivity contribution in [1.29, 1.82) is 0 Å². The van der Waals surface area contributed by atoms with Gasteiger partial charge in [-0.25, -0.2) is 0 Å². The van der Waals surface area contributed by atoms with Crippen molar-refractivity contribution in [3.8, 4) is 0 Å². The Balaban J connectivity index is 2.12. The molecule has 1 rings (SSSR count). The van der Waals surface area contributed by atoms with Crippen LogP contribution in [0.15, 0.2) is 24.3 Å². The highest BCUT2D eigenvalue weighted by atomic mass is 14.0. The van der Waals surface area contributed by atoms with Crippen molar-refractivity contribution < 1.29 is 0 Å². The summed E-state index contributed by atoms with van der Waals surface area (Å²) in [5.41, 5.74) is 0. The summed E-state index contributed by atoms with van der Waals surface area (Å²) in [4.78, 5) is 0. The second-order valence-corrected chi connectivity index (χ2v) is 5.63. The highest BCUT2D eigenvalue weighted by Gasteiger charge is 1.91. The van der Waals surface area contributed by atoms with E-state index >= 15 is 0 Å². The van der Waals surface area contributed by atoms with Gasteiger partial charge in [-0.3, -0.25) is 0 Å². The van der Waals surface area contributed by atoms with Crippen molar-refractivity contribution in [2.24, 2.45) is 0 Å². The summed E-state index contributed by atoms with van der Waals surface area (Å²) in [7, 11) is 0. The molecular weight excluding hydrogens is 216 g/mol. The molecule has 0 nitrogen and oxygen atoms in total. The van der Waals surface area contributed by atoms with Gasteiger partial charge >= 0.3 is 0 Å². The lowest BCUT2D eigenvalue weighted by Gasteiger charge is -2.00.